The summed E-state index contributed by atoms with van der Waals surface area (Å²) in [6.45, 7) is 0. The number of carbonyl (C=O) groups is 3. The van der Waals surface area contributed by atoms with Crippen LogP contribution in [0.15, 0.2) is 72.8 Å². The van der Waals surface area contributed by atoms with Gasteiger partial charge in [-0.2, -0.15) is 0 Å². The Labute approximate surface area is 161 Å². The quantitative estimate of drug-likeness (QED) is 0.554. The van der Waals surface area contributed by atoms with E-state index in [0.717, 1.165) is 10.6 Å². The lowest BCUT2D eigenvalue weighted by Crippen LogP contribution is -2.25. The molecule has 0 unspecified atom stereocenters. The molecule has 3 aromatic rings. The number of hydrogen-bond donors (Lipinski definition) is 3. The molecule has 28 heavy (non-hydrogen) atoms. The Balaban J connectivity index is 2.33. The van der Waals surface area contributed by atoms with Crippen molar-refractivity contribution in [2.24, 2.45) is 0 Å². The fraction of sp³-hybridized carbons (Fsp3) is 0. The molecule has 6 nitrogen and oxygen atoms in total. The van der Waals surface area contributed by atoms with Gasteiger partial charge in [-0.3, -0.25) is 0 Å². The minimum atomic E-state index is -1.59. The van der Waals surface area contributed by atoms with Crippen LogP contribution >= 0.6 is 7.92 Å². The van der Waals surface area contributed by atoms with Gasteiger partial charge in [0.15, 0.2) is 0 Å². The largest absolute Gasteiger partial charge is 0.478 e. The molecule has 7 heteroatoms. The fourth-order valence-electron chi connectivity index (χ4n) is 2.93. The lowest BCUT2D eigenvalue weighted by molar-refractivity contribution is 0.0633. The molecule has 0 atom stereocenters. The van der Waals surface area contributed by atoms with Gasteiger partial charge in [0.2, 0.25) is 0 Å². The van der Waals surface area contributed by atoms with Crippen molar-refractivity contribution < 1.29 is 29.7 Å². The first-order chi connectivity index (χ1) is 13.4. The minimum Gasteiger partial charge on any atom is -0.478 e. The van der Waals surface area contributed by atoms with Crippen LogP contribution in [0.3, 0.4) is 0 Å². The molecule has 0 saturated carbocycles. The van der Waals surface area contributed by atoms with Crippen LogP contribution in [0.4, 0.5) is 0 Å². The highest BCUT2D eigenvalue weighted by molar-refractivity contribution is 7.79. The molecule has 0 heterocycles. The zero-order chi connectivity index (χ0) is 20.3. The number of rotatable bonds is 6. The highest BCUT2D eigenvalue weighted by Gasteiger charge is 2.28. The van der Waals surface area contributed by atoms with E-state index in [1.165, 1.54) is 12.1 Å². The first kappa shape index (κ1) is 19.3. The Morgan fingerprint density at radius 2 is 0.964 bits per heavy atom. The van der Waals surface area contributed by atoms with E-state index in [2.05, 4.69) is 0 Å². The zero-order valence-electron chi connectivity index (χ0n) is 14.4. The fourth-order valence-corrected chi connectivity index (χ4v) is 5.28. The van der Waals surface area contributed by atoms with Gasteiger partial charge in [-0.05, 0) is 36.0 Å². The SMILES string of the molecule is O=C(O)c1cc(P(c2ccccc2)c2ccccc2)cc(C(=O)O)c1C(=O)O. The summed E-state index contributed by atoms with van der Waals surface area (Å²) < 4.78 is 0. The van der Waals surface area contributed by atoms with Gasteiger partial charge < -0.3 is 15.3 Å². The standard InChI is InChI=1S/C21H15O6P/c22-19(23)16-11-15(12-17(20(24)25)18(16)21(26)27)28(13-7-3-1-4-8-13)14-9-5-2-6-10-14/h1-12H,(H,22,23)(H,24,25)(H,26,27). The predicted molar refractivity (Wildman–Crippen MR) is 106 cm³/mol. The molecule has 0 amide bonds. The molecule has 0 fully saturated rings. The molecule has 3 N–H and O–H groups in total. The maximum absolute atomic E-state index is 11.7. The van der Waals surface area contributed by atoms with Gasteiger partial charge in [-0.1, -0.05) is 60.7 Å². The van der Waals surface area contributed by atoms with E-state index in [9.17, 15) is 29.7 Å². The third-order valence-corrected chi connectivity index (χ3v) is 6.49. The summed E-state index contributed by atoms with van der Waals surface area (Å²) in [5.41, 5.74) is -1.80. The molecule has 0 aliphatic rings. The summed E-state index contributed by atoms with van der Waals surface area (Å²) in [5, 5.41) is 30.7. The topological polar surface area (TPSA) is 112 Å². The Kier molecular flexibility index (Phi) is 5.52. The van der Waals surface area contributed by atoms with Crippen molar-refractivity contribution in [3.63, 3.8) is 0 Å². The van der Waals surface area contributed by atoms with Crippen molar-refractivity contribution in [1.82, 2.24) is 0 Å². The van der Waals surface area contributed by atoms with Crippen molar-refractivity contribution in [1.29, 1.82) is 0 Å². The molecule has 0 bridgehead atoms. The average Bonchev–Trinajstić information content (AvgIpc) is 2.69. The van der Waals surface area contributed by atoms with E-state index in [0.29, 0.717) is 5.30 Å². The molecule has 0 aliphatic heterocycles. The van der Waals surface area contributed by atoms with Gasteiger partial charge in [0.25, 0.3) is 0 Å². The third-order valence-electron chi connectivity index (χ3n) is 4.08. The summed E-state index contributed by atoms with van der Waals surface area (Å²) in [5.74, 6) is -4.57. The molecule has 0 spiro atoms. The van der Waals surface area contributed by atoms with Gasteiger partial charge in [-0.25, -0.2) is 14.4 Å². The number of hydrogen-bond acceptors (Lipinski definition) is 3. The Bertz CT molecular complexity index is 973. The zero-order valence-corrected chi connectivity index (χ0v) is 15.3. The van der Waals surface area contributed by atoms with E-state index < -0.39 is 42.5 Å². The smallest absolute Gasteiger partial charge is 0.337 e. The lowest BCUT2D eigenvalue weighted by Gasteiger charge is -2.21. The molecule has 0 radical (unpaired) electrons. The van der Waals surface area contributed by atoms with E-state index in [4.69, 9.17) is 0 Å². The lowest BCUT2D eigenvalue weighted by atomic mass is 10.0. The highest BCUT2D eigenvalue weighted by Crippen LogP contribution is 2.34. The molecule has 140 valence electrons. The number of benzene rings is 3. The first-order valence-corrected chi connectivity index (χ1v) is 9.52. The predicted octanol–water partition coefficient (Wildman–Crippen LogP) is 2.54. The van der Waals surface area contributed by atoms with E-state index in [1.54, 1.807) is 0 Å². The summed E-state index contributed by atoms with van der Waals surface area (Å²) in [6.07, 6.45) is 0. The van der Waals surface area contributed by atoms with Crippen LogP contribution in [0.1, 0.15) is 31.1 Å². The average molecular weight is 394 g/mol. The van der Waals surface area contributed by atoms with Crippen LogP contribution in [0.25, 0.3) is 0 Å². The van der Waals surface area contributed by atoms with Gasteiger partial charge in [0.05, 0.1) is 16.7 Å². The van der Waals surface area contributed by atoms with E-state index in [1.807, 2.05) is 60.7 Å². The second-order valence-electron chi connectivity index (χ2n) is 5.84. The van der Waals surface area contributed by atoms with Gasteiger partial charge in [0, 0.05) is 0 Å². The van der Waals surface area contributed by atoms with Gasteiger partial charge in [0.1, 0.15) is 0 Å². The first-order valence-electron chi connectivity index (χ1n) is 8.18. The van der Waals surface area contributed by atoms with Gasteiger partial charge >= 0.3 is 17.9 Å². The third kappa shape index (κ3) is 3.77. The molecule has 0 aromatic heterocycles. The molecule has 0 saturated heterocycles. The Hall–Kier alpha value is -3.50. The number of carboxylic acid groups (broad SMARTS) is 3. The molecule has 0 aliphatic carbocycles. The number of aromatic carboxylic acids is 3. The summed E-state index contributed by atoms with van der Waals surface area (Å²) in [6, 6.07) is 21.1. The molecule has 3 aromatic carbocycles. The van der Waals surface area contributed by atoms with Crippen LogP contribution in [-0.2, 0) is 0 Å². The van der Waals surface area contributed by atoms with Gasteiger partial charge in [-0.15, -0.1) is 0 Å². The summed E-state index contributed by atoms with van der Waals surface area (Å²) in [4.78, 5) is 35.0. The van der Waals surface area contributed by atoms with Crippen molar-refractivity contribution in [2.75, 3.05) is 0 Å². The van der Waals surface area contributed by atoms with Crippen LogP contribution in [0.2, 0.25) is 0 Å². The molecule has 3 rings (SSSR count). The van der Waals surface area contributed by atoms with Crippen molar-refractivity contribution in [3.8, 4) is 0 Å². The second-order valence-corrected chi connectivity index (χ2v) is 8.06. The second kappa shape index (κ2) is 8.03. The maximum atomic E-state index is 11.7. The number of carboxylic acids is 3. The van der Waals surface area contributed by atoms with E-state index in [-0.39, 0.29) is 0 Å². The van der Waals surface area contributed by atoms with Crippen molar-refractivity contribution >= 4 is 41.7 Å². The molecular formula is C21H15O6P. The maximum Gasteiger partial charge on any atom is 0.337 e. The minimum absolute atomic E-state index is 0.451. The summed E-state index contributed by atoms with van der Waals surface area (Å²) >= 11 is 0. The van der Waals surface area contributed by atoms with Crippen LogP contribution in [0.5, 0.6) is 0 Å². The molecular weight excluding hydrogens is 379 g/mol. The summed E-state index contributed by atoms with van der Waals surface area (Å²) in [7, 11) is -1.28. The van der Waals surface area contributed by atoms with Crippen LogP contribution in [-0.4, -0.2) is 33.2 Å². The Morgan fingerprint density at radius 1 is 0.571 bits per heavy atom. The monoisotopic (exact) mass is 394 g/mol. The van der Waals surface area contributed by atoms with Crippen molar-refractivity contribution in [2.45, 2.75) is 0 Å². The van der Waals surface area contributed by atoms with Crippen molar-refractivity contribution in [3.05, 3.63) is 89.5 Å². The van der Waals surface area contributed by atoms with Crippen LogP contribution < -0.4 is 15.9 Å². The highest BCUT2D eigenvalue weighted by atomic mass is 31.1. The van der Waals surface area contributed by atoms with E-state index >= 15 is 0 Å². The van der Waals surface area contributed by atoms with Crippen LogP contribution in [0, 0.1) is 0 Å². The Morgan fingerprint density at radius 3 is 1.29 bits per heavy atom. The normalized spacial score (nSPS) is 10.6.